The third kappa shape index (κ3) is 6.77. The van der Waals surface area contributed by atoms with Crippen molar-refractivity contribution in [2.75, 3.05) is 26.2 Å². The summed E-state index contributed by atoms with van der Waals surface area (Å²) in [6, 6.07) is 15.8. The number of ether oxygens (including phenoxy) is 1. The standard InChI is InChI=1S/C27H27ClF3N3O2/c28-22-7-3-19(4-8-22)24-2-1-13-33-25(24)18-34(26(35)20-11-14-32-15-12-20)16-17-36-23-9-5-21(6-10-23)27(29,30)31/h1-10,13,20,32H,11-12,14-18H2. The van der Waals surface area contributed by atoms with E-state index in [1.54, 1.807) is 11.1 Å². The molecule has 1 aromatic heterocycles. The lowest BCUT2D eigenvalue weighted by Crippen LogP contribution is -2.42. The molecule has 1 amide bonds. The number of nitrogens with zero attached hydrogens (tertiary/aromatic N) is 2. The van der Waals surface area contributed by atoms with Crippen LogP contribution < -0.4 is 10.1 Å². The number of rotatable bonds is 8. The molecule has 1 saturated heterocycles. The first-order valence-corrected chi connectivity index (χ1v) is 12.2. The van der Waals surface area contributed by atoms with Gasteiger partial charge in [-0.25, -0.2) is 0 Å². The molecule has 9 heteroatoms. The molecular formula is C27H27ClF3N3O2. The summed E-state index contributed by atoms with van der Waals surface area (Å²) in [5.74, 6) is 0.247. The molecule has 0 spiro atoms. The van der Waals surface area contributed by atoms with Crippen molar-refractivity contribution in [3.63, 3.8) is 0 Å². The van der Waals surface area contributed by atoms with Gasteiger partial charge in [0.15, 0.2) is 0 Å². The molecule has 1 N–H and O–H groups in total. The fourth-order valence-electron chi connectivity index (χ4n) is 4.25. The summed E-state index contributed by atoms with van der Waals surface area (Å²) < 4.78 is 44.2. The van der Waals surface area contributed by atoms with Crippen molar-refractivity contribution >= 4 is 17.5 Å². The molecule has 2 heterocycles. The molecule has 0 bridgehead atoms. The quantitative estimate of drug-likeness (QED) is 0.408. The predicted molar refractivity (Wildman–Crippen MR) is 133 cm³/mol. The molecular weight excluding hydrogens is 491 g/mol. The Morgan fingerprint density at radius 3 is 2.42 bits per heavy atom. The third-order valence-electron chi connectivity index (χ3n) is 6.20. The topological polar surface area (TPSA) is 54.5 Å². The average Bonchev–Trinajstić information content (AvgIpc) is 2.89. The summed E-state index contributed by atoms with van der Waals surface area (Å²) in [5, 5.41) is 3.91. The van der Waals surface area contributed by atoms with Crippen LogP contribution in [0.2, 0.25) is 5.02 Å². The van der Waals surface area contributed by atoms with E-state index in [0.717, 1.165) is 54.9 Å². The highest BCUT2D eigenvalue weighted by Crippen LogP contribution is 2.30. The van der Waals surface area contributed by atoms with Crippen LogP contribution in [0.5, 0.6) is 5.75 Å². The highest BCUT2D eigenvalue weighted by Gasteiger charge is 2.30. The molecule has 0 aliphatic carbocycles. The number of halogens is 4. The molecule has 2 aromatic carbocycles. The Balaban J connectivity index is 1.50. The second kappa shape index (κ2) is 11.8. The summed E-state index contributed by atoms with van der Waals surface area (Å²) in [5.41, 5.74) is 1.86. The Hall–Kier alpha value is -3.10. The summed E-state index contributed by atoms with van der Waals surface area (Å²) in [6.45, 7) is 2.28. The molecule has 3 aromatic rings. The lowest BCUT2D eigenvalue weighted by Gasteiger charge is -2.30. The van der Waals surface area contributed by atoms with Crippen molar-refractivity contribution in [2.45, 2.75) is 25.6 Å². The number of alkyl halides is 3. The average molecular weight is 518 g/mol. The number of nitrogens with one attached hydrogen (secondary N) is 1. The molecule has 1 aliphatic heterocycles. The SMILES string of the molecule is O=C(C1CCNCC1)N(CCOc1ccc(C(F)(F)F)cc1)Cc1ncccc1-c1ccc(Cl)cc1. The molecule has 5 nitrogen and oxygen atoms in total. The van der Waals surface area contributed by atoms with Crippen LogP contribution in [-0.2, 0) is 17.5 Å². The molecule has 1 aliphatic rings. The van der Waals surface area contributed by atoms with Gasteiger partial charge in [-0.3, -0.25) is 9.78 Å². The van der Waals surface area contributed by atoms with Crippen molar-refractivity contribution in [2.24, 2.45) is 5.92 Å². The highest BCUT2D eigenvalue weighted by molar-refractivity contribution is 6.30. The first kappa shape index (κ1) is 26.0. The van der Waals surface area contributed by atoms with Gasteiger partial charge in [0.1, 0.15) is 12.4 Å². The number of hydrogen-bond acceptors (Lipinski definition) is 4. The molecule has 190 valence electrons. The van der Waals surface area contributed by atoms with Gasteiger partial charge in [0.05, 0.1) is 24.3 Å². The van der Waals surface area contributed by atoms with Crippen molar-refractivity contribution in [1.29, 1.82) is 0 Å². The van der Waals surface area contributed by atoms with Crippen LogP contribution in [0.25, 0.3) is 11.1 Å². The van der Waals surface area contributed by atoms with Gasteiger partial charge in [-0.05, 0) is 74.0 Å². The number of amides is 1. The van der Waals surface area contributed by atoms with Crippen molar-refractivity contribution in [3.8, 4) is 16.9 Å². The van der Waals surface area contributed by atoms with E-state index in [0.29, 0.717) is 10.8 Å². The van der Waals surface area contributed by atoms with E-state index >= 15 is 0 Å². The van der Waals surface area contributed by atoms with Crippen LogP contribution in [0.4, 0.5) is 13.2 Å². The van der Waals surface area contributed by atoms with E-state index < -0.39 is 11.7 Å². The van der Waals surface area contributed by atoms with Crippen molar-refractivity contribution < 1.29 is 22.7 Å². The number of pyridine rings is 1. The Morgan fingerprint density at radius 1 is 1.06 bits per heavy atom. The Kier molecular flexibility index (Phi) is 8.48. The van der Waals surface area contributed by atoms with Gasteiger partial charge in [0.2, 0.25) is 5.91 Å². The maximum atomic E-state index is 13.5. The van der Waals surface area contributed by atoms with Crippen LogP contribution in [0.1, 0.15) is 24.1 Å². The number of aromatic nitrogens is 1. The van der Waals surface area contributed by atoms with Crippen molar-refractivity contribution in [3.05, 3.63) is 83.1 Å². The first-order valence-electron chi connectivity index (χ1n) is 11.8. The number of carbonyl (C=O) groups is 1. The van der Waals surface area contributed by atoms with Gasteiger partial charge in [-0.2, -0.15) is 13.2 Å². The minimum atomic E-state index is -4.40. The summed E-state index contributed by atoms with van der Waals surface area (Å²) >= 11 is 6.05. The minimum absolute atomic E-state index is 0.0280. The molecule has 0 saturated carbocycles. The molecule has 1 fully saturated rings. The highest BCUT2D eigenvalue weighted by atomic mass is 35.5. The second-order valence-corrected chi connectivity index (χ2v) is 9.10. The van der Waals surface area contributed by atoms with E-state index in [1.807, 2.05) is 36.4 Å². The number of piperidine rings is 1. The second-order valence-electron chi connectivity index (χ2n) is 8.66. The van der Waals surface area contributed by atoms with E-state index in [4.69, 9.17) is 16.3 Å². The van der Waals surface area contributed by atoms with Gasteiger partial charge in [-0.1, -0.05) is 29.8 Å². The largest absolute Gasteiger partial charge is 0.492 e. The van der Waals surface area contributed by atoms with Gasteiger partial charge in [-0.15, -0.1) is 0 Å². The Morgan fingerprint density at radius 2 is 1.75 bits per heavy atom. The molecule has 36 heavy (non-hydrogen) atoms. The van der Waals surface area contributed by atoms with E-state index in [1.165, 1.54) is 12.1 Å². The predicted octanol–water partition coefficient (Wildman–Crippen LogP) is 5.83. The van der Waals surface area contributed by atoms with Crippen molar-refractivity contribution in [1.82, 2.24) is 15.2 Å². The maximum Gasteiger partial charge on any atom is 0.416 e. The fourth-order valence-corrected chi connectivity index (χ4v) is 4.37. The summed E-state index contributed by atoms with van der Waals surface area (Å²) in [7, 11) is 0. The molecule has 0 unspecified atom stereocenters. The summed E-state index contributed by atoms with van der Waals surface area (Å²) in [4.78, 5) is 19.8. The molecule has 0 atom stereocenters. The van der Waals surface area contributed by atoms with Crippen LogP contribution in [0.3, 0.4) is 0 Å². The van der Waals surface area contributed by atoms with Crippen LogP contribution in [0.15, 0.2) is 66.9 Å². The van der Waals surface area contributed by atoms with E-state index in [2.05, 4.69) is 10.3 Å². The first-order chi connectivity index (χ1) is 17.3. The summed E-state index contributed by atoms with van der Waals surface area (Å²) in [6.07, 6.45) is -1.20. The van der Waals surface area contributed by atoms with Gasteiger partial charge in [0, 0.05) is 22.7 Å². The van der Waals surface area contributed by atoms with Gasteiger partial charge < -0.3 is 15.0 Å². The number of hydrogen-bond donors (Lipinski definition) is 1. The zero-order chi connectivity index (χ0) is 25.5. The normalized spacial score (nSPS) is 14.4. The van der Waals surface area contributed by atoms with Crippen LogP contribution in [-0.4, -0.2) is 42.0 Å². The smallest absolute Gasteiger partial charge is 0.416 e. The van der Waals surface area contributed by atoms with Gasteiger partial charge in [0.25, 0.3) is 0 Å². The Bertz CT molecular complexity index is 1150. The minimum Gasteiger partial charge on any atom is -0.492 e. The number of benzene rings is 2. The zero-order valence-electron chi connectivity index (χ0n) is 19.6. The number of carbonyl (C=O) groups excluding carboxylic acids is 1. The zero-order valence-corrected chi connectivity index (χ0v) is 20.4. The fraction of sp³-hybridized carbons (Fsp3) is 0.333. The van der Waals surface area contributed by atoms with E-state index in [-0.39, 0.29) is 31.5 Å². The monoisotopic (exact) mass is 517 g/mol. The van der Waals surface area contributed by atoms with E-state index in [9.17, 15) is 18.0 Å². The Labute approximate surface area is 213 Å². The maximum absolute atomic E-state index is 13.5. The van der Waals surface area contributed by atoms with Crippen LogP contribution >= 0.6 is 11.6 Å². The third-order valence-corrected chi connectivity index (χ3v) is 6.45. The van der Waals surface area contributed by atoms with Crippen LogP contribution in [0, 0.1) is 5.92 Å². The van der Waals surface area contributed by atoms with Gasteiger partial charge >= 0.3 is 6.18 Å². The lowest BCUT2D eigenvalue weighted by atomic mass is 9.96. The lowest BCUT2D eigenvalue weighted by molar-refractivity contribution is -0.138. The molecule has 4 rings (SSSR count). The molecule has 0 radical (unpaired) electrons.